The Hall–Kier alpha value is 1.55. The summed E-state index contributed by atoms with van der Waals surface area (Å²) >= 11 is 0. The Labute approximate surface area is 111 Å². The van der Waals surface area contributed by atoms with Crippen molar-refractivity contribution in [3.05, 3.63) is 0 Å². The number of hydrogen-bond acceptors (Lipinski definition) is 6. The van der Waals surface area contributed by atoms with Crippen LogP contribution in [0.25, 0.3) is 0 Å². The molecule has 0 aromatic heterocycles. The SMILES string of the molecule is O=[Si]([O-])[O-].O=[Si]([O-])[O-].[NaH].[P].[Zr+4]. The van der Waals surface area contributed by atoms with Crippen molar-refractivity contribution in [3.8, 4) is 0 Å². The molecule has 0 saturated heterocycles. The van der Waals surface area contributed by atoms with Gasteiger partial charge in [-0.05, 0) is 0 Å². The molecule has 6 nitrogen and oxygen atoms in total. The molecule has 3 radical (unpaired) electrons. The third kappa shape index (κ3) is 440. The van der Waals surface area contributed by atoms with Crippen molar-refractivity contribution in [1.82, 2.24) is 0 Å². The topological polar surface area (TPSA) is 126 Å². The van der Waals surface area contributed by atoms with E-state index in [1.54, 1.807) is 0 Å². The average molecular weight is 298 g/mol. The van der Waals surface area contributed by atoms with Crippen LogP contribution in [0.3, 0.4) is 0 Å². The molecule has 0 atom stereocenters. The average Bonchev–Trinajstić information content (AvgIpc) is 1.25. The molecule has 0 unspecified atom stereocenters. The zero-order chi connectivity index (χ0) is 7.15. The fourth-order valence-corrected chi connectivity index (χ4v) is 0. The van der Waals surface area contributed by atoms with Crippen LogP contribution < -0.4 is 19.2 Å². The van der Waals surface area contributed by atoms with Gasteiger partial charge in [-0.25, -0.2) is 0 Å². The van der Waals surface area contributed by atoms with E-state index in [-0.39, 0.29) is 65.7 Å². The van der Waals surface area contributed by atoms with Gasteiger partial charge in [-0.2, -0.15) is 0 Å². The fourth-order valence-electron chi connectivity index (χ4n) is 0. The maximum Gasteiger partial charge on any atom is 4.00 e. The summed E-state index contributed by atoms with van der Waals surface area (Å²) in [5.74, 6) is 0. The van der Waals surface area contributed by atoms with Gasteiger partial charge in [-0.3, -0.25) is 0 Å². The van der Waals surface area contributed by atoms with Gasteiger partial charge >= 0.3 is 55.8 Å². The molecule has 0 bridgehead atoms. The van der Waals surface area contributed by atoms with Gasteiger partial charge in [0.25, 0.3) is 0 Å². The van der Waals surface area contributed by atoms with Crippen molar-refractivity contribution in [3.63, 3.8) is 0 Å². The van der Waals surface area contributed by atoms with E-state index in [9.17, 15) is 0 Å². The van der Waals surface area contributed by atoms with Gasteiger partial charge in [0, 0.05) is 28.2 Å². The van der Waals surface area contributed by atoms with Crippen molar-refractivity contribution in [2.24, 2.45) is 0 Å². The van der Waals surface area contributed by atoms with Gasteiger partial charge in [-0.15, -0.1) is 0 Å². The van der Waals surface area contributed by atoms with Crippen LogP contribution in [-0.4, -0.2) is 47.9 Å². The zero-order valence-corrected chi connectivity index (χ0v) is 9.75. The van der Waals surface area contributed by atoms with Gasteiger partial charge in [0.15, 0.2) is 0 Å². The predicted octanol–water partition coefficient (Wildman–Crippen LogP) is -5.54. The Bertz CT molecular complexity index is 78.6. The first-order valence-electron chi connectivity index (χ1n) is 1.22. The maximum atomic E-state index is 8.52. The molecule has 0 aromatic rings. The van der Waals surface area contributed by atoms with E-state index >= 15 is 0 Å². The van der Waals surface area contributed by atoms with Gasteiger partial charge in [-0.1, -0.05) is 0 Å². The minimum Gasteiger partial charge on any atom is 0 e. The molecule has 0 saturated carbocycles. The van der Waals surface area contributed by atoms with E-state index in [1.165, 1.54) is 0 Å². The maximum absolute atomic E-state index is 8.52. The summed E-state index contributed by atoms with van der Waals surface area (Å²) in [6, 6.07) is 0. The molecule has 0 rings (SSSR count). The summed E-state index contributed by atoms with van der Waals surface area (Å²) in [6.07, 6.45) is 0. The normalized spacial score (nSPS) is 4.36. The molecule has 0 aliphatic rings. The van der Waals surface area contributed by atoms with Crippen LogP contribution in [-0.2, 0) is 35.1 Å². The van der Waals surface area contributed by atoms with E-state index in [4.69, 9.17) is 28.1 Å². The first-order valence-corrected chi connectivity index (χ1v) is 3.67. The minimum absolute atomic E-state index is 0. The van der Waals surface area contributed by atoms with Crippen LogP contribution >= 0.6 is 9.90 Å². The summed E-state index contributed by atoms with van der Waals surface area (Å²) in [4.78, 5) is 34.1. The molecule has 0 fully saturated rings. The van der Waals surface area contributed by atoms with Crippen molar-refractivity contribution in [2.45, 2.75) is 0 Å². The Balaban J connectivity index is -0.0000000171. The second kappa shape index (κ2) is 22.6. The minimum atomic E-state index is -3.63. The summed E-state index contributed by atoms with van der Waals surface area (Å²) in [7, 11) is -7.26. The standard InChI is InChI=1S/Na.2O3Si.P.Zr.H/c;2*1-4(2)3;;;/q;2*-2;;+4;. The number of rotatable bonds is 0. The van der Waals surface area contributed by atoms with Crippen LogP contribution in [0.15, 0.2) is 0 Å². The first kappa shape index (κ1) is 29.4. The van der Waals surface area contributed by atoms with Gasteiger partial charge in [0.05, 0.1) is 0 Å². The largest absolute Gasteiger partial charge is 4.00 e. The van der Waals surface area contributed by atoms with Crippen molar-refractivity contribution < 1.29 is 54.3 Å². The molecule has 0 spiro atoms. The summed E-state index contributed by atoms with van der Waals surface area (Å²) in [5.41, 5.74) is 0. The Morgan fingerprint density at radius 3 is 0.818 bits per heavy atom. The van der Waals surface area contributed by atoms with Gasteiger partial charge < -0.3 is 28.1 Å². The molecule has 11 heteroatoms. The third-order valence-corrected chi connectivity index (χ3v) is 0. The van der Waals surface area contributed by atoms with Crippen LogP contribution in [0.4, 0.5) is 0 Å². The summed E-state index contributed by atoms with van der Waals surface area (Å²) in [5, 5.41) is 0. The van der Waals surface area contributed by atoms with Crippen molar-refractivity contribution >= 4 is 57.8 Å². The molecule has 0 aliphatic carbocycles. The quantitative estimate of drug-likeness (QED) is 0.324. The molecule has 0 aromatic carbocycles. The molecule has 0 aliphatic heterocycles. The van der Waals surface area contributed by atoms with Gasteiger partial charge in [0.1, 0.15) is 0 Å². The van der Waals surface area contributed by atoms with Crippen molar-refractivity contribution in [2.75, 3.05) is 0 Å². The fraction of sp³-hybridized carbons (Fsp3) is 0. The van der Waals surface area contributed by atoms with E-state index in [0.29, 0.717) is 0 Å². The van der Waals surface area contributed by atoms with Crippen LogP contribution in [0.1, 0.15) is 0 Å². The second-order valence-corrected chi connectivity index (χ2v) is 1.50. The summed E-state index contributed by atoms with van der Waals surface area (Å²) in [6.45, 7) is 0. The van der Waals surface area contributed by atoms with E-state index < -0.39 is 18.3 Å². The second-order valence-electron chi connectivity index (χ2n) is 0.500. The van der Waals surface area contributed by atoms with Crippen LogP contribution in [0.2, 0.25) is 0 Å². The molecule has 11 heavy (non-hydrogen) atoms. The molecule has 0 N–H and O–H groups in total. The molecular formula is HNaO6PSi2Zr. The summed E-state index contributed by atoms with van der Waals surface area (Å²) < 4.78 is 17.0. The smallest absolute Gasteiger partial charge is 0 e. The number of hydrogen-bond donors (Lipinski definition) is 0. The molecule has 0 heterocycles. The predicted molar refractivity (Wildman–Crippen MR) is 26.9 cm³/mol. The molecule has 0 amide bonds. The van der Waals surface area contributed by atoms with Crippen molar-refractivity contribution in [1.29, 1.82) is 0 Å². The Morgan fingerprint density at radius 1 is 0.818 bits per heavy atom. The van der Waals surface area contributed by atoms with E-state index in [0.717, 1.165) is 0 Å². The third-order valence-electron chi connectivity index (χ3n) is 0. The zero-order valence-electron chi connectivity index (χ0n) is 4.40. The Morgan fingerprint density at radius 2 is 0.818 bits per heavy atom. The van der Waals surface area contributed by atoms with Crippen LogP contribution in [0, 0.1) is 0 Å². The Kier molecular flexibility index (Phi) is 60.2. The molecule has 55 valence electrons. The van der Waals surface area contributed by atoms with Gasteiger partial charge in [0.2, 0.25) is 0 Å². The first-order chi connectivity index (χ1) is 3.46. The monoisotopic (exact) mass is 297 g/mol. The van der Waals surface area contributed by atoms with E-state index in [2.05, 4.69) is 0 Å². The van der Waals surface area contributed by atoms with Crippen LogP contribution in [0.5, 0.6) is 0 Å². The molecular weight excluding hydrogens is 297 g/mol. The van der Waals surface area contributed by atoms with E-state index in [1.807, 2.05) is 0 Å².